The molecule has 1 aromatic heterocycles. The molecule has 1 heterocycles. The first-order valence-corrected chi connectivity index (χ1v) is 8.43. The molecule has 1 aromatic carbocycles. The van der Waals surface area contributed by atoms with Gasteiger partial charge in [-0.15, -0.1) is 11.3 Å². The van der Waals surface area contributed by atoms with Crippen molar-refractivity contribution in [2.24, 2.45) is 0 Å². The molecule has 0 aliphatic carbocycles. The van der Waals surface area contributed by atoms with Gasteiger partial charge in [-0.2, -0.15) is 0 Å². The topological polar surface area (TPSA) is 31.4 Å². The highest BCUT2D eigenvalue weighted by atomic mass is 32.2. The van der Waals surface area contributed by atoms with Crippen molar-refractivity contribution >= 4 is 23.1 Å². The van der Waals surface area contributed by atoms with E-state index in [0.29, 0.717) is 6.61 Å². The summed E-state index contributed by atoms with van der Waals surface area (Å²) in [5.41, 5.74) is 0.841. The van der Waals surface area contributed by atoms with E-state index in [0.717, 1.165) is 15.8 Å². The minimum absolute atomic E-state index is 0.274. The first kappa shape index (κ1) is 16.3. The maximum absolute atomic E-state index is 5.74. The van der Waals surface area contributed by atoms with Crippen LogP contribution in [0.2, 0.25) is 0 Å². The molecule has 5 heteroatoms. The Labute approximate surface area is 134 Å². The van der Waals surface area contributed by atoms with Crippen molar-refractivity contribution < 1.29 is 9.47 Å². The zero-order chi connectivity index (χ0) is 15.5. The molecule has 0 amide bonds. The van der Waals surface area contributed by atoms with Gasteiger partial charge in [0.25, 0.3) is 0 Å². The van der Waals surface area contributed by atoms with Crippen LogP contribution in [0.5, 0.6) is 5.75 Å². The summed E-state index contributed by atoms with van der Waals surface area (Å²) in [4.78, 5) is 6.99. The lowest BCUT2D eigenvalue weighted by Crippen LogP contribution is -2.30. The van der Waals surface area contributed by atoms with Gasteiger partial charge in [0.15, 0.2) is 4.34 Å². The van der Waals surface area contributed by atoms with E-state index in [4.69, 9.17) is 9.47 Å². The molecule has 114 valence electrons. The summed E-state index contributed by atoms with van der Waals surface area (Å²) in [7, 11) is 1.70. The van der Waals surface area contributed by atoms with Crippen molar-refractivity contribution in [2.75, 3.05) is 13.7 Å². The average Bonchev–Trinajstić information content (AvgIpc) is 2.77. The zero-order valence-corrected chi connectivity index (χ0v) is 14.7. The van der Waals surface area contributed by atoms with Gasteiger partial charge in [-0.3, -0.25) is 0 Å². The molecule has 0 atom stereocenters. The standard InChI is InChI=1S/C16H21NO2S2/c1-11-12(2)20-15(17-11)21-14-8-6-13(7-9-14)19-10-16(3,4)18-5/h6-9H,10H2,1-5H3. The third kappa shape index (κ3) is 4.73. The summed E-state index contributed by atoms with van der Waals surface area (Å²) < 4.78 is 12.2. The SMILES string of the molecule is COC(C)(C)COc1ccc(Sc2nc(C)c(C)s2)cc1. The molecule has 2 rings (SSSR count). The molecular weight excluding hydrogens is 302 g/mol. The largest absolute Gasteiger partial charge is 0.491 e. The number of aromatic nitrogens is 1. The summed E-state index contributed by atoms with van der Waals surface area (Å²) in [6.07, 6.45) is 0. The molecule has 0 N–H and O–H groups in total. The van der Waals surface area contributed by atoms with Crippen LogP contribution in [0.1, 0.15) is 24.4 Å². The normalized spacial score (nSPS) is 11.7. The lowest BCUT2D eigenvalue weighted by molar-refractivity contribution is -0.0146. The number of benzene rings is 1. The summed E-state index contributed by atoms with van der Waals surface area (Å²) in [5.74, 6) is 0.857. The Balaban J connectivity index is 1.95. The van der Waals surface area contributed by atoms with Crippen LogP contribution in [-0.2, 0) is 4.74 Å². The third-order valence-corrected chi connectivity index (χ3v) is 5.32. The number of hydrogen-bond acceptors (Lipinski definition) is 5. The lowest BCUT2D eigenvalue weighted by atomic mass is 10.1. The van der Waals surface area contributed by atoms with Crippen LogP contribution in [0.25, 0.3) is 0 Å². The smallest absolute Gasteiger partial charge is 0.155 e. The molecule has 0 unspecified atom stereocenters. The van der Waals surface area contributed by atoms with Crippen molar-refractivity contribution in [3.05, 3.63) is 34.8 Å². The van der Waals surface area contributed by atoms with Crippen molar-refractivity contribution in [1.29, 1.82) is 0 Å². The van der Waals surface area contributed by atoms with Crippen LogP contribution >= 0.6 is 23.1 Å². The quantitative estimate of drug-likeness (QED) is 0.770. The fourth-order valence-electron chi connectivity index (χ4n) is 1.51. The molecule has 0 radical (unpaired) electrons. The maximum Gasteiger partial charge on any atom is 0.155 e. The third-order valence-electron chi connectivity index (χ3n) is 3.18. The van der Waals surface area contributed by atoms with Crippen molar-refractivity contribution in [3.8, 4) is 5.75 Å². The highest BCUT2D eigenvalue weighted by Gasteiger charge is 2.17. The van der Waals surface area contributed by atoms with Crippen LogP contribution in [0, 0.1) is 13.8 Å². The Kier molecular flexibility index (Phi) is 5.30. The minimum Gasteiger partial charge on any atom is -0.491 e. The molecular formula is C16H21NO2S2. The van der Waals surface area contributed by atoms with Crippen LogP contribution in [-0.4, -0.2) is 24.3 Å². The number of rotatable bonds is 6. The van der Waals surface area contributed by atoms with Crippen molar-refractivity contribution in [1.82, 2.24) is 4.98 Å². The summed E-state index contributed by atoms with van der Waals surface area (Å²) >= 11 is 3.42. The summed E-state index contributed by atoms with van der Waals surface area (Å²) in [5, 5.41) is 0. The molecule has 0 fully saturated rings. The van der Waals surface area contributed by atoms with E-state index >= 15 is 0 Å². The van der Waals surface area contributed by atoms with Gasteiger partial charge < -0.3 is 9.47 Å². The molecule has 2 aromatic rings. The number of thiazole rings is 1. The maximum atomic E-state index is 5.74. The second-order valence-electron chi connectivity index (χ2n) is 5.45. The Bertz CT molecular complexity index is 571. The van der Waals surface area contributed by atoms with Gasteiger partial charge in [0.2, 0.25) is 0 Å². The first-order valence-electron chi connectivity index (χ1n) is 6.79. The molecule has 21 heavy (non-hydrogen) atoms. The number of ether oxygens (including phenoxy) is 2. The van der Waals surface area contributed by atoms with Gasteiger partial charge >= 0.3 is 0 Å². The number of nitrogens with zero attached hydrogens (tertiary/aromatic N) is 1. The van der Waals surface area contributed by atoms with Crippen LogP contribution in [0.4, 0.5) is 0 Å². The molecule has 0 aliphatic rings. The number of aryl methyl sites for hydroxylation is 2. The first-order chi connectivity index (χ1) is 9.89. The average molecular weight is 323 g/mol. The van der Waals surface area contributed by atoms with Gasteiger partial charge in [-0.1, -0.05) is 11.8 Å². The second-order valence-corrected chi connectivity index (χ2v) is 7.97. The fourth-order valence-corrected chi connectivity index (χ4v) is 3.63. The number of hydrogen-bond donors (Lipinski definition) is 0. The van der Waals surface area contributed by atoms with E-state index in [1.165, 1.54) is 9.77 Å². The van der Waals surface area contributed by atoms with E-state index in [1.54, 1.807) is 30.2 Å². The molecule has 0 saturated heterocycles. The monoisotopic (exact) mass is 323 g/mol. The van der Waals surface area contributed by atoms with Crippen LogP contribution in [0.15, 0.2) is 33.5 Å². The van der Waals surface area contributed by atoms with Gasteiger partial charge in [0.1, 0.15) is 12.4 Å². The van der Waals surface area contributed by atoms with E-state index in [1.807, 2.05) is 32.9 Å². The minimum atomic E-state index is -0.274. The van der Waals surface area contributed by atoms with E-state index in [9.17, 15) is 0 Å². The van der Waals surface area contributed by atoms with Gasteiger partial charge in [-0.25, -0.2) is 4.98 Å². The number of methoxy groups -OCH3 is 1. The second kappa shape index (κ2) is 6.81. The van der Waals surface area contributed by atoms with Gasteiger partial charge in [0, 0.05) is 16.9 Å². The predicted octanol–water partition coefficient (Wildman–Crippen LogP) is 4.71. The molecule has 3 nitrogen and oxygen atoms in total. The molecule has 0 saturated carbocycles. The van der Waals surface area contributed by atoms with E-state index in [-0.39, 0.29) is 5.60 Å². The van der Waals surface area contributed by atoms with E-state index < -0.39 is 0 Å². The predicted molar refractivity (Wildman–Crippen MR) is 88.7 cm³/mol. The Morgan fingerprint density at radius 1 is 1.19 bits per heavy atom. The van der Waals surface area contributed by atoms with Crippen LogP contribution < -0.4 is 4.74 Å². The molecule has 0 spiro atoms. The lowest BCUT2D eigenvalue weighted by Gasteiger charge is -2.22. The fraction of sp³-hybridized carbons (Fsp3) is 0.438. The molecule has 0 bridgehead atoms. The summed E-state index contributed by atoms with van der Waals surface area (Å²) in [6, 6.07) is 8.10. The summed E-state index contributed by atoms with van der Waals surface area (Å²) in [6.45, 7) is 8.69. The zero-order valence-electron chi connectivity index (χ0n) is 13.1. The van der Waals surface area contributed by atoms with Gasteiger partial charge in [0.05, 0.1) is 11.3 Å². The van der Waals surface area contributed by atoms with Crippen molar-refractivity contribution in [3.63, 3.8) is 0 Å². The van der Waals surface area contributed by atoms with Gasteiger partial charge in [-0.05, 0) is 52.0 Å². The molecule has 0 aliphatic heterocycles. The van der Waals surface area contributed by atoms with Crippen LogP contribution in [0.3, 0.4) is 0 Å². The Morgan fingerprint density at radius 2 is 1.86 bits per heavy atom. The van der Waals surface area contributed by atoms with Crippen molar-refractivity contribution in [2.45, 2.75) is 42.5 Å². The Morgan fingerprint density at radius 3 is 2.38 bits per heavy atom. The highest BCUT2D eigenvalue weighted by Crippen LogP contribution is 2.33. The highest BCUT2D eigenvalue weighted by molar-refractivity contribution is 8.01. The van der Waals surface area contributed by atoms with E-state index in [2.05, 4.69) is 24.0 Å². The Hall–Kier alpha value is -1.04.